The third kappa shape index (κ3) is 6.28. The number of aromatic nitrogens is 2. The number of carbonyl (C=O) groups excluding carboxylic acids is 1. The van der Waals surface area contributed by atoms with Crippen LogP contribution in [-0.2, 0) is 17.6 Å². The smallest absolute Gasteiger partial charge is 0.298 e. The Bertz CT molecular complexity index is 991. The molecule has 1 heterocycles. The topological polar surface area (TPSA) is 64.6 Å². The maximum Gasteiger partial charge on any atom is 0.298 e. The number of carbonyl (C=O) groups is 1. The number of benzene rings is 2. The number of nitrogens with zero attached hydrogens (tertiary/aromatic N) is 3. The maximum absolute atomic E-state index is 12.6. The van der Waals surface area contributed by atoms with Crippen LogP contribution in [0, 0.1) is 0 Å². The number of amides is 1. The number of hydrogen-bond donors (Lipinski definition) is 0. The Morgan fingerprint density at radius 3 is 2.35 bits per heavy atom. The van der Waals surface area contributed by atoms with Crippen molar-refractivity contribution in [1.82, 2.24) is 14.3 Å². The van der Waals surface area contributed by atoms with E-state index in [0.29, 0.717) is 29.6 Å². The van der Waals surface area contributed by atoms with Crippen LogP contribution in [0.15, 0.2) is 48.5 Å². The zero-order chi connectivity index (χ0) is 22.4. The molecule has 0 bridgehead atoms. The van der Waals surface area contributed by atoms with E-state index < -0.39 is 0 Å². The molecule has 0 aliphatic carbocycles. The second-order valence-electron chi connectivity index (χ2n) is 7.92. The van der Waals surface area contributed by atoms with Crippen LogP contribution in [-0.4, -0.2) is 39.4 Å². The van der Waals surface area contributed by atoms with Gasteiger partial charge >= 0.3 is 0 Å². The van der Waals surface area contributed by atoms with Gasteiger partial charge in [-0.1, -0.05) is 24.3 Å². The predicted octanol–water partition coefficient (Wildman–Crippen LogP) is 5.12. The summed E-state index contributed by atoms with van der Waals surface area (Å²) in [6.07, 6.45) is 0.987. The van der Waals surface area contributed by atoms with E-state index in [1.807, 2.05) is 81.1 Å². The van der Waals surface area contributed by atoms with Gasteiger partial charge in [0.2, 0.25) is 5.91 Å². The molecule has 0 aliphatic rings. The SMILES string of the molecule is COc1cccc(Cc2nsc(Oc3ccc(CC(=O)N(C(C)C)C(C)C)cc3)n2)c1. The largest absolute Gasteiger partial charge is 0.497 e. The number of methoxy groups -OCH3 is 1. The summed E-state index contributed by atoms with van der Waals surface area (Å²) in [5.74, 6) is 2.32. The minimum Gasteiger partial charge on any atom is -0.497 e. The van der Waals surface area contributed by atoms with Crippen LogP contribution in [0.5, 0.6) is 16.7 Å². The first-order chi connectivity index (χ1) is 14.9. The lowest BCUT2D eigenvalue weighted by molar-refractivity contribution is -0.134. The highest BCUT2D eigenvalue weighted by molar-refractivity contribution is 7.07. The van der Waals surface area contributed by atoms with E-state index >= 15 is 0 Å². The van der Waals surface area contributed by atoms with Gasteiger partial charge in [0.15, 0.2) is 5.82 Å². The number of rotatable bonds is 9. The first kappa shape index (κ1) is 22.7. The van der Waals surface area contributed by atoms with Gasteiger partial charge < -0.3 is 14.4 Å². The van der Waals surface area contributed by atoms with Crippen LogP contribution in [0.3, 0.4) is 0 Å². The van der Waals surface area contributed by atoms with E-state index in [1.165, 1.54) is 11.5 Å². The normalized spacial score (nSPS) is 11.1. The summed E-state index contributed by atoms with van der Waals surface area (Å²) in [6, 6.07) is 15.8. The zero-order valence-corrected chi connectivity index (χ0v) is 19.5. The van der Waals surface area contributed by atoms with Crippen molar-refractivity contribution in [3.63, 3.8) is 0 Å². The average Bonchev–Trinajstić information content (AvgIpc) is 3.15. The van der Waals surface area contributed by atoms with Crippen LogP contribution >= 0.6 is 11.5 Å². The van der Waals surface area contributed by atoms with Crippen LogP contribution in [0.2, 0.25) is 0 Å². The van der Waals surface area contributed by atoms with Crippen molar-refractivity contribution in [2.45, 2.75) is 52.6 Å². The van der Waals surface area contributed by atoms with Gasteiger partial charge in [0.1, 0.15) is 11.5 Å². The van der Waals surface area contributed by atoms with Crippen molar-refractivity contribution >= 4 is 17.4 Å². The molecule has 1 amide bonds. The molecule has 0 aliphatic heterocycles. The summed E-state index contributed by atoms with van der Waals surface area (Å²) < 4.78 is 15.5. The van der Waals surface area contributed by atoms with Crippen molar-refractivity contribution < 1.29 is 14.3 Å². The Hall–Kier alpha value is -2.93. The van der Waals surface area contributed by atoms with Crippen molar-refractivity contribution in [2.24, 2.45) is 0 Å². The minimum absolute atomic E-state index is 0.130. The third-order valence-electron chi connectivity index (χ3n) is 4.83. The molecule has 1 aromatic heterocycles. The fourth-order valence-corrected chi connectivity index (χ4v) is 4.10. The van der Waals surface area contributed by atoms with Crippen LogP contribution in [0.25, 0.3) is 0 Å². The van der Waals surface area contributed by atoms with Crippen molar-refractivity contribution in [3.8, 4) is 16.7 Å². The van der Waals surface area contributed by atoms with E-state index in [1.54, 1.807) is 7.11 Å². The number of ether oxygens (including phenoxy) is 2. The first-order valence-electron chi connectivity index (χ1n) is 10.4. The molecular weight excluding hydrogens is 410 g/mol. The van der Waals surface area contributed by atoms with Crippen LogP contribution in [0.4, 0.5) is 0 Å². The molecule has 3 rings (SSSR count). The predicted molar refractivity (Wildman–Crippen MR) is 123 cm³/mol. The van der Waals surface area contributed by atoms with Gasteiger partial charge in [-0.15, -0.1) is 0 Å². The summed E-state index contributed by atoms with van der Waals surface area (Å²) in [7, 11) is 1.65. The molecule has 6 nitrogen and oxygen atoms in total. The molecule has 164 valence electrons. The standard InChI is InChI=1S/C24H29N3O3S/c1-16(2)27(17(3)4)23(28)15-18-9-11-20(12-10-18)30-24-25-22(26-31-24)14-19-7-6-8-21(13-19)29-5/h6-13,16-17H,14-15H2,1-5H3. The molecule has 3 aromatic rings. The molecular formula is C24H29N3O3S. The lowest BCUT2D eigenvalue weighted by atomic mass is 10.1. The van der Waals surface area contributed by atoms with Crippen LogP contribution in [0.1, 0.15) is 44.6 Å². The van der Waals surface area contributed by atoms with Crippen molar-refractivity contribution in [2.75, 3.05) is 7.11 Å². The molecule has 31 heavy (non-hydrogen) atoms. The fraction of sp³-hybridized carbons (Fsp3) is 0.375. The summed E-state index contributed by atoms with van der Waals surface area (Å²) in [6.45, 7) is 8.16. The Labute approximate surface area is 188 Å². The summed E-state index contributed by atoms with van der Waals surface area (Å²) in [5, 5.41) is 0.493. The van der Waals surface area contributed by atoms with Gasteiger partial charge in [-0.3, -0.25) is 4.79 Å². The van der Waals surface area contributed by atoms with Crippen LogP contribution < -0.4 is 9.47 Å². The van der Waals surface area contributed by atoms with Gasteiger partial charge in [0.25, 0.3) is 5.19 Å². The average molecular weight is 440 g/mol. The molecule has 0 saturated heterocycles. The van der Waals surface area contributed by atoms with Crippen molar-refractivity contribution in [3.05, 3.63) is 65.5 Å². The van der Waals surface area contributed by atoms with E-state index in [0.717, 1.165) is 16.9 Å². The summed E-state index contributed by atoms with van der Waals surface area (Å²) in [4.78, 5) is 19.0. The lowest BCUT2D eigenvalue weighted by Crippen LogP contribution is -2.42. The molecule has 0 radical (unpaired) electrons. The van der Waals surface area contributed by atoms with Gasteiger partial charge in [-0.05, 0) is 63.1 Å². The Morgan fingerprint density at radius 2 is 1.71 bits per heavy atom. The molecule has 7 heteroatoms. The highest BCUT2D eigenvalue weighted by Gasteiger charge is 2.20. The first-order valence-corrected chi connectivity index (χ1v) is 11.2. The van der Waals surface area contributed by atoms with E-state index in [-0.39, 0.29) is 18.0 Å². The summed E-state index contributed by atoms with van der Waals surface area (Å²) in [5.41, 5.74) is 2.04. The van der Waals surface area contributed by atoms with Crippen molar-refractivity contribution in [1.29, 1.82) is 0 Å². The second-order valence-corrected chi connectivity index (χ2v) is 8.63. The monoisotopic (exact) mass is 439 g/mol. The molecule has 0 N–H and O–H groups in total. The quantitative estimate of drug-likeness (QED) is 0.463. The molecule has 0 spiro atoms. The highest BCUT2D eigenvalue weighted by Crippen LogP contribution is 2.25. The zero-order valence-electron chi connectivity index (χ0n) is 18.7. The fourth-order valence-electron chi connectivity index (χ4n) is 3.53. The van der Waals surface area contributed by atoms with E-state index in [2.05, 4.69) is 9.36 Å². The minimum atomic E-state index is 0.130. The number of hydrogen-bond acceptors (Lipinski definition) is 6. The Morgan fingerprint density at radius 1 is 1.00 bits per heavy atom. The maximum atomic E-state index is 12.6. The van der Waals surface area contributed by atoms with Gasteiger partial charge in [0.05, 0.1) is 13.5 Å². The van der Waals surface area contributed by atoms with Gasteiger partial charge in [-0.2, -0.15) is 9.36 Å². The summed E-state index contributed by atoms with van der Waals surface area (Å²) >= 11 is 1.22. The molecule has 0 saturated carbocycles. The second kappa shape index (κ2) is 10.4. The third-order valence-corrected chi connectivity index (χ3v) is 5.46. The van der Waals surface area contributed by atoms with E-state index in [4.69, 9.17) is 9.47 Å². The Kier molecular flexibility index (Phi) is 7.63. The van der Waals surface area contributed by atoms with Gasteiger partial charge in [-0.25, -0.2) is 0 Å². The van der Waals surface area contributed by atoms with E-state index in [9.17, 15) is 4.79 Å². The molecule has 0 atom stereocenters. The molecule has 0 fully saturated rings. The van der Waals surface area contributed by atoms with Gasteiger partial charge in [0, 0.05) is 30.0 Å². The highest BCUT2D eigenvalue weighted by atomic mass is 32.1. The lowest BCUT2D eigenvalue weighted by Gasteiger charge is -2.30. The Balaban J connectivity index is 1.59. The molecule has 2 aromatic carbocycles. The molecule has 0 unspecified atom stereocenters.